The normalized spacial score (nSPS) is 25.4. The zero-order valence-corrected chi connectivity index (χ0v) is 17.5. The summed E-state index contributed by atoms with van der Waals surface area (Å²) in [4.78, 5) is 14.6. The molecule has 4 rings (SSSR count). The Hall–Kier alpha value is -1.92. The van der Waals surface area contributed by atoms with Gasteiger partial charge >= 0.3 is 0 Å². The van der Waals surface area contributed by atoms with Gasteiger partial charge in [0.25, 0.3) is 15.8 Å². The van der Waals surface area contributed by atoms with E-state index in [1.165, 1.54) is 13.3 Å². The van der Waals surface area contributed by atoms with E-state index in [0.717, 1.165) is 0 Å². The monoisotopic (exact) mass is 422 g/mol. The van der Waals surface area contributed by atoms with Crippen molar-refractivity contribution in [3.63, 3.8) is 0 Å². The maximum atomic E-state index is 13.0. The highest BCUT2D eigenvalue weighted by atomic mass is 32.2. The minimum Gasteiger partial charge on any atom is -0.373 e. The zero-order valence-electron chi connectivity index (χ0n) is 16.6. The van der Waals surface area contributed by atoms with Crippen molar-refractivity contribution < 1.29 is 13.2 Å². The summed E-state index contributed by atoms with van der Waals surface area (Å²) in [6.07, 6.45) is -0.235. The molecule has 2 aliphatic rings. The van der Waals surface area contributed by atoms with Crippen LogP contribution in [0.25, 0.3) is 10.9 Å². The second-order valence-corrected chi connectivity index (χ2v) is 9.58. The van der Waals surface area contributed by atoms with Gasteiger partial charge in [0.15, 0.2) is 0 Å². The van der Waals surface area contributed by atoms with Gasteiger partial charge in [0.2, 0.25) is 0 Å². The average molecular weight is 423 g/mol. The van der Waals surface area contributed by atoms with E-state index < -0.39 is 10.2 Å². The molecule has 158 valence electrons. The van der Waals surface area contributed by atoms with Crippen molar-refractivity contribution in [3.8, 4) is 0 Å². The predicted octanol–water partition coefficient (Wildman–Crippen LogP) is -0.279. The zero-order chi connectivity index (χ0) is 20.6. The van der Waals surface area contributed by atoms with Crippen LogP contribution in [0.1, 0.15) is 13.8 Å². The molecule has 2 saturated heterocycles. The van der Waals surface area contributed by atoms with E-state index in [-0.39, 0.29) is 24.4 Å². The number of aromatic nitrogens is 3. The molecule has 2 unspecified atom stereocenters. The van der Waals surface area contributed by atoms with Crippen molar-refractivity contribution in [3.05, 3.63) is 34.6 Å². The van der Waals surface area contributed by atoms with Crippen LogP contribution in [0.3, 0.4) is 0 Å². The SMILES string of the molecule is CC1CN(S(=O)(=O)N2CCN(Cn3nnc4ccccc4c3=O)CC2)CC(C)O1. The molecular weight excluding hydrogens is 396 g/mol. The summed E-state index contributed by atoms with van der Waals surface area (Å²) < 4.78 is 36.0. The maximum absolute atomic E-state index is 13.0. The van der Waals surface area contributed by atoms with Gasteiger partial charge in [-0.25, -0.2) is 0 Å². The van der Waals surface area contributed by atoms with Crippen molar-refractivity contribution in [1.82, 2.24) is 28.5 Å². The fourth-order valence-corrected chi connectivity index (χ4v) is 5.64. The van der Waals surface area contributed by atoms with E-state index in [0.29, 0.717) is 50.2 Å². The van der Waals surface area contributed by atoms with Crippen LogP contribution in [0.15, 0.2) is 29.1 Å². The number of rotatable bonds is 4. The Morgan fingerprint density at radius 2 is 1.69 bits per heavy atom. The molecule has 0 aliphatic carbocycles. The standard InChI is InChI=1S/C18H26N6O4S/c1-14-11-23(12-15(2)28-14)29(26,27)22-9-7-21(8-10-22)13-24-18(25)16-5-3-4-6-17(16)19-20-24/h3-6,14-15H,7-13H2,1-2H3. The summed E-state index contributed by atoms with van der Waals surface area (Å²) in [5.41, 5.74) is 0.376. The lowest BCUT2D eigenvalue weighted by Crippen LogP contribution is -2.57. The molecule has 0 radical (unpaired) electrons. The molecule has 2 atom stereocenters. The van der Waals surface area contributed by atoms with Gasteiger partial charge < -0.3 is 4.74 Å². The van der Waals surface area contributed by atoms with Gasteiger partial charge in [-0.15, -0.1) is 5.10 Å². The third-order valence-corrected chi connectivity index (χ3v) is 7.30. The number of nitrogens with zero attached hydrogens (tertiary/aromatic N) is 6. The number of benzene rings is 1. The van der Waals surface area contributed by atoms with E-state index >= 15 is 0 Å². The molecular formula is C18H26N6O4S. The summed E-state index contributed by atoms with van der Waals surface area (Å²) in [7, 11) is -3.52. The quantitative estimate of drug-likeness (QED) is 0.668. The van der Waals surface area contributed by atoms with Crippen LogP contribution in [-0.2, 0) is 21.6 Å². The van der Waals surface area contributed by atoms with Crippen molar-refractivity contribution in [2.45, 2.75) is 32.7 Å². The van der Waals surface area contributed by atoms with Crippen LogP contribution in [-0.4, -0.2) is 88.4 Å². The minimum absolute atomic E-state index is 0.117. The first-order chi connectivity index (χ1) is 13.8. The van der Waals surface area contributed by atoms with E-state index in [1.807, 2.05) is 24.8 Å². The van der Waals surface area contributed by atoms with Crippen molar-refractivity contribution in [2.75, 3.05) is 39.3 Å². The van der Waals surface area contributed by atoms with Crippen molar-refractivity contribution in [1.29, 1.82) is 0 Å². The summed E-state index contributed by atoms with van der Waals surface area (Å²) in [6.45, 7) is 6.60. The molecule has 0 bridgehead atoms. The highest BCUT2D eigenvalue weighted by Crippen LogP contribution is 2.19. The number of ether oxygens (including phenoxy) is 1. The smallest absolute Gasteiger partial charge is 0.282 e. The Bertz CT molecular complexity index is 1020. The van der Waals surface area contributed by atoms with Gasteiger partial charge in [-0.2, -0.15) is 21.7 Å². The molecule has 11 heteroatoms. The van der Waals surface area contributed by atoms with E-state index in [9.17, 15) is 13.2 Å². The molecule has 1 aromatic carbocycles. The number of piperazine rings is 1. The predicted molar refractivity (Wildman–Crippen MR) is 107 cm³/mol. The Morgan fingerprint density at radius 3 is 2.38 bits per heavy atom. The molecule has 3 heterocycles. The van der Waals surface area contributed by atoms with Gasteiger partial charge in [-0.05, 0) is 26.0 Å². The first-order valence-electron chi connectivity index (χ1n) is 9.80. The van der Waals surface area contributed by atoms with Crippen molar-refractivity contribution in [2.24, 2.45) is 0 Å². The maximum Gasteiger partial charge on any atom is 0.282 e. The van der Waals surface area contributed by atoms with E-state index in [2.05, 4.69) is 10.3 Å². The number of morpholine rings is 1. The fourth-order valence-electron chi connectivity index (χ4n) is 3.89. The first-order valence-corrected chi connectivity index (χ1v) is 11.2. The lowest BCUT2D eigenvalue weighted by molar-refractivity contribution is -0.0458. The molecule has 2 fully saturated rings. The lowest BCUT2D eigenvalue weighted by atomic mass is 10.2. The Kier molecular flexibility index (Phi) is 5.67. The summed E-state index contributed by atoms with van der Waals surface area (Å²) >= 11 is 0. The van der Waals surface area contributed by atoms with Crippen LogP contribution in [0.2, 0.25) is 0 Å². The van der Waals surface area contributed by atoms with E-state index in [1.54, 1.807) is 18.2 Å². The highest BCUT2D eigenvalue weighted by Gasteiger charge is 2.36. The van der Waals surface area contributed by atoms with Crippen molar-refractivity contribution >= 4 is 21.1 Å². The minimum atomic E-state index is -3.52. The number of hydrogen-bond acceptors (Lipinski definition) is 7. The van der Waals surface area contributed by atoms with Crippen LogP contribution in [0.5, 0.6) is 0 Å². The van der Waals surface area contributed by atoms with Gasteiger partial charge in [0.1, 0.15) is 5.52 Å². The fraction of sp³-hybridized carbons (Fsp3) is 0.611. The Balaban J connectivity index is 1.41. The largest absolute Gasteiger partial charge is 0.373 e. The summed E-state index contributed by atoms with van der Waals surface area (Å²) in [5, 5.41) is 8.64. The molecule has 29 heavy (non-hydrogen) atoms. The van der Waals surface area contributed by atoms with Crippen LogP contribution in [0.4, 0.5) is 0 Å². The van der Waals surface area contributed by atoms with Crippen LogP contribution >= 0.6 is 0 Å². The Morgan fingerprint density at radius 1 is 1.03 bits per heavy atom. The lowest BCUT2D eigenvalue weighted by Gasteiger charge is -2.40. The molecule has 0 N–H and O–H groups in total. The second kappa shape index (κ2) is 8.07. The van der Waals surface area contributed by atoms with Gasteiger partial charge in [0, 0.05) is 39.3 Å². The summed E-state index contributed by atoms with van der Waals surface area (Å²) in [5.74, 6) is 0. The third-order valence-electron chi connectivity index (χ3n) is 5.33. The van der Waals surface area contributed by atoms with E-state index in [4.69, 9.17) is 4.74 Å². The average Bonchev–Trinajstić information content (AvgIpc) is 2.70. The second-order valence-electron chi connectivity index (χ2n) is 7.65. The first kappa shape index (κ1) is 20.4. The molecule has 0 saturated carbocycles. The number of fused-ring (bicyclic) bond motifs is 1. The molecule has 0 amide bonds. The topological polar surface area (TPSA) is 101 Å². The van der Waals surface area contributed by atoms with Gasteiger partial charge in [-0.3, -0.25) is 9.69 Å². The van der Waals surface area contributed by atoms with Crippen LogP contribution < -0.4 is 5.56 Å². The third kappa shape index (κ3) is 4.19. The summed E-state index contributed by atoms with van der Waals surface area (Å²) in [6, 6.07) is 7.10. The number of hydrogen-bond donors (Lipinski definition) is 0. The van der Waals surface area contributed by atoms with Gasteiger partial charge in [0.05, 0.1) is 24.3 Å². The molecule has 10 nitrogen and oxygen atoms in total. The molecule has 2 aliphatic heterocycles. The molecule has 0 spiro atoms. The highest BCUT2D eigenvalue weighted by molar-refractivity contribution is 7.86. The molecule has 1 aromatic heterocycles. The van der Waals surface area contributed by atoms with Gasteiger partial charge in [-0.1, -0.05) is 17.3 Å². The van der Waals surface area contributed by atoms with Crippen LogP contribution in [0, 0.1) is 0 Å². The Labute approximate surface area is 169 Å². The molecule has 2 aromatic rings.